The monoisotopic (exact) mass is 1730 g/mol. The number of nitrogens with zero attached hydrogens (tertiary/aromatic N) is 4. The maximum Gasteiger partial charge on any atom is 0.351 e. The number of esters is 4. The fourth-order valence-corrected chi connectivity index (χ4v) is 18.3. The van der Waals surface area contributed by atoms with E-state index in [1.807, 2.05) is 13.8 Å². The van der Waals surface area contributed by atoms with Crippen molar-refractivity contribution in [3.63, 3.8) is 0 Å². The molecule has 0 bridgehead atoms. The van der Waals surface area contributed by atoms with Crippen molar-refractivity contribution in [1.82, 2.24) is 29.7 Å². The van der Waals surface area contributed by atoms with Gasteiger partial charge >= 0.3 is 59.0 Å². The average molecular weight is 1730 g/mol. The van der Waals surface area contributed by atoms with Gasteiger partial charge in [-0.15, -0.1) is 0 Å². The molecule has 5 fully saturated rings. The number of carboxylic acids is 2. The fourth-order valence-electron chi connectivity index (χ4n) is 11.5. The maximum absolute atomic E-state index is 14.7. The van der Waals surface area contributed by atoms with E-state index in [0.717, 1.165) is 62.0 Å². The van der Waals surface area contributed by atoms with Crippen LogP contribution in [0.1, 0.15) is 157 Å². The molecule has 5 aliphatic rings. The minimum Gasteiger partial charge on any atom is -0.481 e. The number of aliphatic hydroxyl groups is 2. The number of carbonyl (C=O) groups excluding carboxylic acids is 10. The van der Waals surface area contributed by atoms with E-state index in [9.17, 15) is 105 Å². The van der Waals surface area contributed by atoms with Crippen LogP contribution in [-0.4, -0.2) is 257 Å². The number of amides is 2. The second kappa shape index (κ2) is 49.9. The molecule has 16 atom stereocenters. The zero-order chi connectivity index (χ0) is 86.0. The number of nitrogens with one attached hydrogen (secondary N) is 2. The maximum atomic E-state index is 14.7. The zero-order valence-electron chi connectivity index (χ0n) is 65.6. The van der Waals surface area contributed by atoms with Crippen molar-refractivity contribution in [3.05, 3.63) is 45.5 Å². The quantitative estimate of drug-likeness (QED) is 0.0190. The summed E-state index contributed by atoms with van der Waals surface area (Å²) < 4.78 is 99.7. The number of hydrogen-bond acceptors (Lipinski definition) is 32. The van der Waals surface area contributed by atoms with Crippen LogP contribution in [-0.2, 0) is 95.4 Å². The summed E-state index contributed by atoms with van der Waals surface area (Å²) in [5.41, 5.74) is 8.46. The highest BCUT2D eigenvalue weighted by Gasteiger charge is 2.61. The Morgan fingerprint density at radius 1 is 0.517 bits per heavy atom. The molecular weight excluding hydrogens is 1620 g/mol. The van der Waals surface area contributed by atoms with Crippen molar-refractivity contribution in [2.24, 2.45) is 35.5 Å². The van der Waals surface area contributed by atoms with Crippen LogP contribution in [0, 0.1) is 35.5 Å². The van der Waals surface area contributed by atoms with Gasteiger partial charge in [-0.25, -0.2) is 19.2 Å². The van der Waals surface area contributed by atoms with E-state index in [1.165, 1.54) is 50.2 Å². The lowest BCUT2D eigenvalue weighted by molar-refractivity contribution is -0.162. The lowest BCUT2D eigenvalue weighted by Gasteiger charge is -2.36. The van der Waals surface area contributed by atoms with Crippen LogP contribution in [0.3, 0.4) is 0 Å². The van der Waals surface area contributed by atoms with Crippen LogP contribution < -0.4 is 33.5 Å². The smallest absolute Gasteiger partial charge is 0.351 e. The molecule has 116 heavy (non-hydrogen) atoms. The first-order chi connectivity index (χ1) is 54.9. The van der Waals surface area contributed by atoms with E-state index in [4.69, 9.17) is 49.4 Å². The second-order valence-electron chi connectivity index (χ2n) is 28.7. The summed E-state index contributed by atoms with van der Waals surface area (Å²) in [4.78, 5) is 176. The summed E-state index contributed by atoms with van der Waals surface area (Å²) in [6.07, 6.45) is -3.62. The number of aliphatic hydroxyl groups excluding tert-OH is 2. The predicted octanol–water partition coefficient (Wildman–Crippen LogP) is 4.81. The van der Waals surface area contributed by atoms with Crippen LogP contribution in [0.25, 0.3) is 0 Å². The molecule has 2 saturated heterocycles. The Morgan fingerprint density at radius 3 is 1.20 bits per heavy atom. The molecule has 4 heterocycles. The first-order valence-electron chi connectivity index (χ1n) is 38.3. The Balaban J connectivity index is 0.000000385. The highest BCUT2D eigenvalue weighted by Crippen LogP contribution is 2.46. The molecule has 2 aliphatic heterocycles. The lowest BCUT2D eigenvalue weighted by atomic mass is 9.77. The number of alkyl halides is 4. The summed E-state index contributed by atoms with van der Waals surface area (Å²) in [7, 11) is 0. The third kappa shape index (κ3) is 33.1. The standard InChI is InChI=1S/2C34H48F2N4O13S2.C6H12/c1-3-20(31(47)48)17-54-24-4-5-25(24)55-18-21(14-22(42)9-13-50-12-8-19(2)41)30(46)38-10-6-27(43)52-16-28(44)51-15-23-29(45)34(35,36)32(53-23)40-11-7-26(37)39-33(40)49;1-3-20(17-54-24-4-5-25(24)55-18-21(31(47)48)14-22(42)9-13-50-12-8-19(2)41)30(46)38-10-6-27(43)52-16-28(44)51-15-23-29(45)34(35,36)32(53-23)40-11-7-26(37)39-33(40)49;1-5-3-4-6(5)2/h2*7,11,20-21,23-25,29,32,45H,3-6,8-10,12-18H2,1-2H3,(H,38,46)(H,47,48)(H2,37,39,49);5-6H,3-4H2,1-2H3/t2*20?,21?,23-,24?,25?,29-,32-;/m00./s1. The molecule has 3 saturated carbocycles. The summed E-state index contributed by atoms with van der Waals surface area (Å²) in [5.74, 6) is -14.2. The number of hydrogen-bond donors (Lipinski definition) is 8. The van der Waals surface area contributed by atoms with Crippen LogP contribution in [0.5, 0.6) is 0 Å². The average Bonchev–Trinajstić information content (AvgIpc) is 1.62. The van der Waals surface area contributed by atoms with E-state index in [0.29, 0.717) is 39.2 Å². The number of thioether (sulfide) groups is 4. The molecule has 2 aromatic rings. The Bertz CT molecular complexity index is 3730. The van der Waals surface area contributed by atoms with Crippen molar-refractivity contribution in [3.8, 4) is 0 Å². The molecule has 652 valence electrons. The largest absolute Gasteiger partial charge is 0.481 e. The highest BCUT2D eigenvalue weighted by atomic mass is 32.2. The Morgan fingerprint density at radius 2 is 0.862 bits per heavy atom. The number of ketones is 4. The van der Waals surface area contributed by atoms with E-state index in [1.54, 1.807) is 23.5 Å². The van der Waals surface area contributed by atoms with Crippen molar-refractivity contribution >= 4 is 129 Å². The van der Waals surface area contributed by atoms with Gasteiger partial charge in [-0.2, -0.15) is 74.6 Å². The molecule has 7 rings (SSSR count). The number of carbonyl (C=O) groups is 12. The number of aromatic nitrogens is 4. The number of Topliss-reactive ketones (excluding diaryl/α,β-unsaturated/α-hetero) is 4. The van der Waals surface area contributed by atoms with E-state index >= 15 is 0 Å². The lowest BCUT2D eigenvalue weighted by Crippen LogP contribution is -2.42. The number of rotatable bonds is 50. The Hall–Kier alpha value is -7.32. The van der Waals surface area contributed by atoms with Gasteiger partial charge in [-0.3, -0.25) is 57.1 Å². The van der Waals surface area contributed by atoms with Crippen LogP contribution in [0.4, 0.5) is 29.2 Å². The van der Waals surface area contributed by atoms with Crippen molar-refractivity contribution in [1.29, 1.82) is 0 Å². The summed E-state index contributed by atoms with van der Waals surface area (Å²) in [6.45, 7) is 8.11. The third-order valence-corrected chi connectivity index (χ3v) is 26.5. The van der Waals surface area contributed by atoms with Gasteiger partial charge in [0, 0.05) is 114 Å². The number of nitrogens with two attached hydrogens (primary N) is 2. The van der Waals surface area contributed by atoms with Gasteiger partial charge in [-0.05, 0) is 76.3 Å². The van der Waals surface area contributed by atoms with Gasteiger partial charge in [0.2, 0.25) is 24.3 Å². The minimum absolute atomic E-state index is 0.0157. The van der Waals surface area contributed by atoms with E-state index in [2.05, 4.69) is 34.4 Å². The molecule has 2 amide bonds. The number of nitrogen functional groups attached to an aromatic ring is 2. The number of anilines is 2. The van der Waals surface area contributed by atoms with Gasteiger partial charge in [0.15, 0.2) is 25.4 Å². The van der Waals surface area contributed by atoms with Gasteiger partial charge < -0.3 is 80.4 Å². The zero-order valence-corrected chi connectivity index (χ0v) is 68.9. The number of halogens is 4. The molecule has 10 N–H and O–H groups in total. The van der Waals surface area contributed by atoms with E-state index < -0.39 is 146 Å². The van der Waals surface area contributed by atoms with Crippen LogP contribution in [0.15, 0.2) is 34.1 Å². The molecule has 0 spiro atoms. The minimum atomic E-state index is -3.97. The molecular formula is C74H108F4N8O26S4. The van der Waals surface area contributed by atoms with Crippen LogP contribution >= 0.6 is 47.0 Å². The van der Waals surface area contributed by atoms with Gasteiger partial charge in [0.05, 0.1) is 57.0 Å². The van der Waals surface area contributed by atoms with Gasteiger partial charge in [0.25, 0.3) is 0 Å². The molecule has 0 radical (unpaired) electrons. The van der Waals surface area contributed by atoms with Crippen molar-refractivity contribution < 1.29 is 133 Å². The van der Waals surface area contributed by atoms with E-state index in [-0.39, 0.29) is 164 Å². The molecule has 42 heteroatoms. The predicted molar refractivity (Wildman–Crippen MR) is 416 cm³/mol. The normalized spacial score (nSPS) is 23.7. The summed E-state index contributed by atoms with van der Waals surface area (Å²) in [6, 6.07) is 2.17. The van der Waals surface area contributed by atoms with Gasteiger partial charge in [0.1, 0.15) is 60.2 Å². The van der Waals surface area contributed by atoms with Crippen molar-refractivity contribution in [2.75, 3.05) is 100 Å². The van der Waals surface area contributed by atoms with Gasteiger partial charge in [-0.1, -0.05) is 40.5 Å². The van der Waals surface area contributed by atoms with Crippen LogP contribution in [0.2, 0.25) is 0 Å². The Labute approximate surface area is 684 Å². The summed E-state index contributed by atoms with van der Waals surface area (Å²) >= 11 is 6.27. The topological polar surface area (TPSA) is 505 Å². The Kier molecular flexibility index (Phi) is 42.7. The highest BCUT2D eigenvalue weighted by molar-refractivity contribution is 8.04. The fraction of sp³-hybridized carbons (Fsp3) is 0.730. The molecule has 34 nitrogen and oxygen atoms in total. The van der Waals surface area contributed by atoms with Crippen molar-refractivity contribution in [2.45, 2.75) is 214 Å². The summed E-state index contributed by atoms with van der Waals surface area (Å²) in [5, 5.41) is 45.2. The third-order valence-electron chi connectivity index (χ3n) is 19.8. The first-order valence-corrected chi connectivity index (χ1v) is 42.5. The second-order valence-corrected chi connectivity index (χ2v) is 33.8. The molecule has 10 unspecified atom stereocenters. The molecule has 3 aliphatic carbocycles. The number of aliphatic carboxylic acids is 2. The molecule has 0 aromatic carbocycles. The SMILES string of the molecule is CC1CCC1C.CCC(CSC1CCC1SCC(CC(=O)CCOCCC(C)=O)C(=O)NCCC(=O)OCC(=O)OC[C@@H]1O[C@H](n2ccc(N)nc2=O)C(F)(F)[C@H]1O)C(=O)O.CCC(CSC1CCC1SCC(CC(=O)CCOCCC(C)=O)C(=O)O)C(=O)NCCC(=O)OCC(=O)OC[C@@H]1O[C@H](n2ccc(N)nc2=O)C(F)(F)[C@H]1O. The number of ether oxygens (including phenoxy) is 8. The number of carboxylic acid groups (broad SMARTS) is 2. The molecule has 2 aromatic heterocycles. The first kappa shape index (κ1) is 99.2.